The van der Waals surface area contributed by atoms with Crippen molar-refractivity contribution in [2.24, 2.45) is 11.8 Å². The number of likely N-dealkylation sites (tertiary alicyclic amines) is 1. The van der Waals surface area contributed by atoms with Gasteiger partial charge in [-0.2, -0.15) is 0 Å². The second-order valence-electron chi connectivity index (χ2n) is 5.03. The van der Waals surface area contributed by atoms with Crippen LogP contribution in [0.3, 0.4) is 0 Å². The number of carboxylic acid groups (broad SMARTS) is 1. The first-order valence-corrected chi connectivity index (χ1v) is 7.01. The molecular formula is C14H16BrNO3. The van der Waals surface area contributed by atoms with E-state index in [4.69, 9.17) is 5.11 Å². The zero-order valence-corrected chi connectivity index (χ0v) is 12.3. The average molecular weight is 326 g/mol. The quantitative estimate of drug-likeness (QED) is 0.926. The largest absolute Gasteiger partial charge is 0.481 e. The van der Waals surface area contributed by atoms with E-state index in [2.05, 4.69) is 15.9 Å². The summed E-state index contributed by atoms with van der Waals surface area (Å²) in [6.07, 6.45) is 0.318. The molecule has 1 amide bonds. The fourth-order valence-electron chi connectivity index (χ4n) is 2.43. The van der Waals surface area contributed by atoms with Gasteiger partial charge in [-0.25, -0.2) is 0 Å². The summed E-state index contributed by atoms with van der Waals surface area (Å²) in [5.74, 6) is -1.24. The van der Waals surface area contributed by atoms with Gasteiger partial charge in [-0.3, -0.25) is 9.59 Å². The molecule has 1 aliphatic rings. The van der Waals surface area contributed by atoms with Gasteiger partial charge < -0.3 is 10.0 Å². The standard InChI is InChI=1S/C14H16BrNO3/c1-9-7-16(8-12(9)14(18)19)13(17)6-10-3-2-4-11(15)5-10/h2-5,9,12H,6-8H2,1H3,(H,18,19)/t9-,12-/m1/s1. The molecule has 102 valence electrons. The summed E-state index contributed by atoms with van der Waals surface area (Å²) < 4.78 is 0.941. The van der Waals surface area contributed by atoms with Crippen LogP contribution in [0.15, 0.2) is 28.7 Å². The van der Waals surface area contributed by atoms with Crippen LogP contribution in [0.5, 0.6) is 0 Å². The molecule has 0 spiro atoms. The molecule has 1 aromatic rings. The van der Waals surface area contributed by atoms with Crippen molar-refractivity contribution in [2.75, 3.05) is 13.1 Å². The Kier molecular flexibility index (Phi) is 4.24. The summed E-state index contributed by atoms with van der Waals surface area (Å²) in [6, 6.07) is 7.61. The number of benzene rings is 1. The molecule has 2 rings (SSSR count). The van der Waals surface area contributed by atoms with Crippen LogP contribution in [0.4, 0.5) is 0 Å². The third kappa shape index (κ3) is 3.35. The zero-order chi connectivity index (χ0) is 14.0. The summed E-state index contributed by atoms with van der Waals surface area (Å²) in [7, 11) is 0. The Morgan fingerprint density at radius 2 is 2.16 bits per heavy atom. The molecule has 1 N–H and O–H groups in total. The second kappa shape index (κ2) is 5.74. The average Bonchev–Trinajstić information content (AvgIpc) is 2.71. The van der Waals surface area contributed by atoms with E-state index in [0.717, 1.165) is 10.0 Å². The Morgan fingerprint density at radius 1 is 1.42 bits per heavy atom. The van der Waals surface area contributed by atoms with Gasteiger partial charge in [-0.05, 0) is 23.6 Å². The molecule has 19 heavy (non-hydrogen) atoms. The topological polar surface area (TPSA) is 57.6 Å². The van der Waals surface area contributed by atoms with E-state index in [9.17, 15) is 9.59 Å². The predicted octanol–water partition coefficient (Wildman–Crippen LogP) is 2.17. The summed E-state index contributed by atoms with van der Waals surface area (Å²) in [4.78, 5) is 24.9. The van der Waals surface area contributed by atoms with E-state index >= 15 is 0 Å². The third-order valence-corrected chi connectivity index (χ3v) is 4.02. The molecule has 5 heteroatoms. The number of rotatable bonds is 3. The van der Waals surface area contributed by atoms with Crippen molar-refractivity contribution >= 4 is 27.8 Å². The molecule has 0 saturated carbocycles. The van der Waals surface area contributed by atoms with E-state index in [-0.39, 0.29) is 11.8 Å². The van der Waals surface area contributed by atoms with Crippen LogP contribution in [0.2, 0.25) is 0 Å². The maximum absolute atomic E-state index is 12.2. The lowest BCUT2D eigenvalue weighted by Gasteiger charge is -2.16. The van der Waals surface area contributed by atoms with Crippen molar-refractivity contribution in [3.8, 4) is 0 Å². The maximum atomic E-state index is 12.2. The van der Waals surface area contributed by atoms with Crippen molar-refractivity contribution in [1.29, 1.82) is 0 Å². The Labute approximate surface area is 120 Å². The van der Waals surface area contributed by atoms with Crippen molar-refractivity contribution in [1.82, 2.24) is 4.90 Å². The van der Waals surface area contributed by atoms with Crippen LogP contribution in [0, 0.1) is 11.8 Å². The minimum atomic E-state index is -0.815. The monoisotopic (exact) mass is 325 g/mol. The van der Waals surface area contributed by atoms with E-state index in [1.165, 1.54) is 0 Å². The SMILES string of the molecule is C[C@@H]1CN(C(=O)Cc2cccc(Br)c2)C[C@H]1C(=O)O. The molecule has 0 aromatic heterocycles. The highest BCUT2D eigenvalue weighted by atomic mass is 79.9. The molecular weight excluding hydrogens is 310 g/mol. The van der Waals surface area contributed by atoms with Crippen LogP contribution in [-0.2, 0) is 16.0 Å². The van der Waals surface area contributed by atoms with Gasteiger partial charge >= 0.3 is 5.97 Å². The third-order valence-electron chi connectivity index (χ3n) is 3.53. The number of hydrogen-bond donors (Lipinski definition) is 1. The molecule has 0 bridgehead atoms. The highest BCUT2D eigenvalue weighted by molar-refractivity contribution is 9.10. The number of carbonyl (C=O) groups is 2. The van der Waals surface area contributed by atoms with Crippen LogP contribution < -0.4 is 0 Å². The number of carboxylic acids is 1. The lowest BCUT2D eigenvalue weighted by molar-refractivity contribution is -0.142. The Balaban J connectivity index is 2.00. The first-order chi connectivity index (χ1) is 8.97. The number of hydrogen-bond acceptors (Lipinski definition) is 2. The molecule has 1 saturated heterocycles. The molecule has 1 heterocycles. The number of halogens is 1. The lowest BCUT2D eigenvalue weighted by atomic mass is 9.99. The van der Waals surface area contributed by atoms with Crippen LogP contribution in [-0.4, -0.2) is 35.0 Å². The number of amides is 1. The van der Waals surface area contributed by atoms with Gasteiger partial charge in [0.05, 0.1) is 12.3 Å². The number of nitrogens with zero attached hydrogens (tertiary/aromatic N) is 1. The van der Waals surface area contributed by atoms with E-state index in [1.54, 1.807) is 4.90 Å². The van der Waals surface area contributed by atoms with Gasteiger partial charge in [0.15, 0.2) is 0 Å². The first-order valence-electron chi connectivity index (χ1n) is 6.22. The van der Waals surface area contributed by atoms with Crippen LogP contribution in [0.1, 0.15) is 12.5 Å². The number of carbonyl (C=O) groups excluding carboxylic acids is 1. The maximum Gasteiger partial charge on any atom is 0.308 e. The van der Waals surface area contributed by atoms with Crippen molar-refractivity contribution in [3.63, 3.8) is 0 Å². The first kappa shape index (κ1) is 14.1. The normalized spacial score (nSPS) is 22.5. The molecule has 1 aromatic carbocycles. The molecule has 1 fully saturated rings. The van der Waals surface area contributed by atoms with Gasteiger partial charge in [0, 0.05) is 17.6 Å². The molecule has 2 atom stereocenters. The highest BCUT2D eigenvalue weighted by Gasteiger charge is 2.36. The molecule has 0 aliphatic carbocycles. The van der Waals surface area contributed by atoms with Gasteiger partial charge in [0.2, 0.25) is 5.91 Å². The van der Waals surface area contributed by atoms with Crippen LogP contribution in [0.25, 0.3) is 0 Å². The van der Waals surface area contributed by atoms with E-state index in [0.29, 0.717) is 19.5 Å². The fourth-order valence-corrected chi connectivity index (χ4v) is 2.87. The lowest BCUT2D eigenvalue weighted by Crippen LogP contribution is -2.31. The minimum Gasteiger partial charge on any atom is -0.481 e. The van der Waals surface area contributed by atoms with Gasteiger partial charge in [-0.1, -0.05) is 35.0 Å². The molecule has 0 unspecified atom stereocenters. The van der Waals surface area contributed by atoms with E-state index in [1.807, 2.05) is 31.2 Å². The molecule has 1 aliphatic heterocycles. The summed E-state index contributed by atoms with van der Waals surface area (Å²) in [5.41, 5.74) is 0.936. The predicted molar refractivity (Wildman–Crippen MR) is 74.7 cm³/mol. The number of aliphatic carboxylic acids is 1. The smallest absolute Gasteiger partial charge is 0.308 e. The van der Waals surface area contributed by atoms with Crippen LogP contribution >= 0.6 is 15.9 Å². The second-order valence-corrected chi connectivity index (χ2v) is 5.94. The minimum absolute atomic E-state index is 0.00583. The Bertz CT molecular complexity index is 503. The van der Waals surface area contributed by atoms with Gasteiger partial charge in [0.25, 0.3) is 0 Å². The summed E-state index contributed by atoms with van der Waals surface area (Å²) in [6.45, 7) is 2.73. The van der Waals surface area contributed by atoms with Gasteiger partial charge in [0.1, 0.15) is 0 Å². The fraction of sp³-hybridized carbons (Fsp3) is 0.429. The van der Waals surface area contributed by atoms with E-state index < -0.39 is 11.9 Å². The Hall–Kier alpha value is -1.36. The summed E-state index contributed by atoms with van der Waals surface area (Å²) in [5, 5.41) is 9.07. The molecule has 4 nitrogen and oxygen atoms in total. The zero-order valence-electron chi connectivity index (χ0n) is 10.7. The molecule has 0 radical (unpaired) electrons. The highest BCUT2D eigenvalue weighted by Crippen LogP contribution is 2.24. The van der Waals surface area contributed by atoms with Crippen molar-refractivity contribution in [3.05, 3.63) is 34.3 Å². The van der Waals surface area contributed by atoms with Crippen molar-refractivity contribution < 1.29 is 14.7 Å². The van der Waals surface area contributed by atoms with Gasteiger partial charge in [-0.15, -0.1) is 0 Å². The summed E-state index contributed by atoms with van der Waals surface area (Å²) >= 11 is 3.37. The van der Waals surface area contributed by atoms with Crippen molar-refractivity contribution in [2.45, 2.75) is 13.3 Å². The Morgan fingerprint density at radius 3 is 2.74 bits per heavy atom.